The van der Waals surface area contributed by atoms with Crippen LogP contribution in [0.4, 0.5) is 11.5 Å². The van der Waals surface area contributed by atoms with Crippen molar-refractivity contribution in [2.24, 2.45) is 5.92 Å². The molecule has 0 aromatic carbocycles. The second kappa shape index (κ2) is 6.86. The van der Waals surface area contributed by atoms with E-state index in [9.17, 15) is 5.11 Å². The number of nitrogens with one attached hydrogen (secondary N) is 2. The van der Waals surface area contributed by atoms with E-state index in [0.29, 0.717) is 5.92 Å². The Morgan fingerprint density at radius 1 is 1.45 bits per heavy atom. The van der Waals surface area contributed by atoms with Crippen molar-refractivity contribution in [1.82, 2.24) is 4.98 Å². The van der Waals surface area contributed by atoms with Crippen LogP contribution in [0.2, 0.25) is 0 Å². The van der Waals surface area contributed by atoms with Gasteiger partial charge >= 0.3 is 0 Å². The fourth-order valence-corrected chi connectivity index (χ4v) is 2.86. The van der Waals surface area contributed by atoms with Crippen LogP contribution in [0.3, 0.4) is 0 Å². The van der Waals surface area contributed by atoms with Gasteiger partial charge in [0.2, 0.25) is 0 Å². The van der Waals surface area contributed by atoms with Gasteiger partial charge in [0.1, 0.15) is 0 Å². The first kappa shape index (κ1) is 17.1. The summed E-state index contributed by atoms with van der Waals surface area (Å²) in [4.78, 5) is 4.73. The SMILES string of the molecule is CCCCC(O)c1cc2c(c(NC(C)(C)C)n1)NCC(C)C2. The van der Waals surface area contributed by atoms with Crippen LogP contribution in [0.5, 0.6) is 0 Å². The zero-order chi connectivity index (χ0) is 16.3. The number of aliphatic hydroxyl groups excluding tert-OH is 1. The summed E-state index contributed by atoms with van der Waals surface area (Å²) < 4.78 is 0. The van der Waals surface area contributed by atoms with Crippen LogP contribution >= 0.6 is 0 Å². The number of aliphatic hydroxyl groups is 1. The number of nitrogens with zero attached hydrogens (tertiary/aromatic N) is 1. The molecule has 0 radical (unpaired) electrons. The largest absolute Gasteiger partial charge is 0.387 e. The van der Waals surface area contributed by atoms with Gasteiger partial charge in [-0.15, -0.1) is 0 Å². The highest BCUT2D eigenvalue weighted by molar-refractivity contribution is 5.71. The number of rotatable bonds is 5. The van der Waals surface area contributed by atoms with E-state index in [1.807, 2.05) is 0 Å². The monoisotopic (exact) mass is 305 g/mol. The van der Waals surface area contributed by atoms with Gasteiger partial charge < -0.3 is 15.7 Å². The molecule has 2 atom stereocenters. The van der Waals surface area contributed by atoms with E-state index in [-0.39, 0.29) is 5.54 Å². The molecule has 1 aliphatic rings. The fraction of sp³-hybridized carbons (Fsp3) is 0.722. The Morgan fingerprint density at radius 3 is 2.82 bits per heavy atom. The third-order valence-electron chi connectivity index (χ3n) is 3.98. The molecule has 0 saturated heterocycles. The van der Waals surface area contributed by atoms with Gasteiger partial charge in [-0.1, -0.05) is 26.7 Å². The molecule has 0 spiro atoms. The molecule has 124 valence electrons. The molecule has 2 heterocycles. The van der Waals surface area contributed by atoms with E-state index in [1.165, 1.54) is 5.56 Å². The lowest BCUT2D eigenvalue weighted by molar-refractivity contribution is 0.159. The highest BCUT2D eigenvalue weighted by Gasteiger charge is 2.23. The molecular weight excluding hydrogens is 274 g/mol. The first-order chi connectivity index (χ1) is 10.3. The minimum absolute atomic E-state index is 0.0570. The van der Waals surface area contributed by atoms with Crippen molar-refractivity contribution in [2.45, 2.75) is 71.9 Å². The first-order valence-electron chi connectivity index (χ1n) is 8.54. The standard InChI is InChI=1S/C18H31N3O/c1-6-7-8-15(22)14-10-13-9-12(2)11-19-16(13)17(20-14)21-18(3,4)5/h10,12,15,19,22H,6-9,11H2,1-5H3,(H,20,21). The molecule has 0 amide bonds. The topological polar surface area (TPSA) is 57.2 Å². The van der Waals surface area contributed by atoms with Gasteiger partial charge in [-0.3, -0.25) is 0 Å². The maximum Gasteiger partial charge on any atom is 0.150 e. The number of fused-ring (bicyclic) bond motifs is 1. The van der Waals surface area contributed by atoms with Crippen LogP contribution in [0.15, 0.2) is 6.07 Å². The van der Waals surface area contributed by atoms with E-state index in [1.54, 1.807) is 0 Å². The molecule has 1 aliphatic heterocycles. The van der Waals surface area contributed by atoms with Gasteiger partial charge in [0.05, 0.1) is 17.5 Å². The molecule has 0 aliphatic carbocycles. The van der Waals surface area contributed by atoms with Crippen LogP contribution in [0, 0.1) is 5.92 Å². The van der Waals surface area contributed by atoms with Gasteiger partial charge in [0, 0.05) is 12.1 Å². The van der Waals surface area contributed by atoms with Gasteiger partial charge in [0.15, 0.2) is 5.82 Å². The second-order valence-electron chi connectivity index (χ2n) is 7.65. The van der Waals surface area contributed by atoms with Crippen molar-refractivity contribution in [2.75, 3.05) is 17.2 Å². The quantitative estimate of drug-likeness (QED) is 0.766. The molecule has 0 bridgehead atoms. The lowest BCUT2D eigenvalue weighted by Gasteiger charge is -2.30. The predicted molar refractivity (Wildman–Crippen MR) is 93.5 cm³/mol. The highest BCUT2D eigenvalue weighted by atomic mass is 16.3. The zero-order valence-electron chi connectivity index (χ0n) is 14.7. The molecule has 22 heavy (non-hydrogen) atoms. The van der Waals surface area contributed by atoms with Crippen LogP contribution in [0.1, 0.15) is 71.2 Å². The third kappa shape index (κ3) is 4.35. The van der Waals surface area contributed by atoms with E-state index < -0.39 is 6.10 Å². The molecule has 3 N–H and O–H groups in total. The highest BCUT2D eigenvalue weighted by Crippen LogP contribution is 2.34. The number of unbranched alkanes of at least 4 members (excludes halogenated alkanes) is 1. The minimum Gasteiger partial charge on any atom is -0.387 e. The predicted octanol–water partition coefficient (Wildman–Crippen LogP) is 4.12. The molecule has 1 aromatic rings. The molecule has 2 unspecified atom stereocenters. The van der Waals surface area contributed by atoms with Crippen LogP contribution in [-0.2, 0) is 6.42 Å². The molecule has 1 aromatic heterocycles. The maximum absolute atomic E-state index is 10.4. The van der Waals surface area contributed by atoms with Crippen molar-refractivity contribution in [3.8, 4) is 0 Å². The van der Waals surface area contributed by atoms with Gasteiger partial charge in [-0.2, -0.15) is 0 Å². The fourth-order valence-electron chi connectivity index (χ4n) is 2.86. The van der Waals surface area contributed by atoms with Crippen LogP contribution in [-0.4, -0.2) is 22.2 Å². The minimum atomic E-state index is -0.469. The Bertz CT molecular complexity index is 508. The Kier molecular flexibility index (Phi) is 5.32. The van der Waals surface area contributed by atoms with Crippen molar-refractivity contribution in [1.29, 1.82) is 0 Å². The van der Waals surface area contributed by atoms with Gasteiger partial charge in [-0.25, -0.2) is 4.98 Å². The van der Waals surface area contributed by atoms with Crippen LogP contribution < -0.4 is 10.6 Å². The molecular formula is C18H31N3O. The molecule has 4 nitrogen and oxygen atoms in total. The number of anilines is 2. The van der Waals surface area contributed by atoms with E-state index in [0.717, 1.165) is 49.4 Å². The summed E-state index contributed by atoms with van der Waals surface area (Å²) in [6.45, 7) is 11.8. The summed E-state index contributed by atoms with van der Waals surface area (Å²) in [5.41, 5.74) is 3.12. The zero-order valence-corrected chi connectivity index (χ0v) is 14.7. The van der Waals surface area contributed by atoms with Crippen molar-refractivity contribution >= 4 is 11.5 Å². The molecule has 0 saturated carbocycles. The van der Waals surface area contributed by atoms with E-state index >= 15 is 0 Å². The summed E-state index contributed by atoms with van der Waals surface area (Å²) in [6, 6.07) is 2.09. The summed E-state index contributed by atoms with van der Waals surface area (Å²) in [7, 11) is 0. The first-order valence-corrected chi connectivity index (χ1v) is 8.54. The molecule has 4 heteroatoms. The van der Waals surface area contributed by atoms with Gasteiger partial charge in [-0.05, 0) is 51.2 Å². The Morgan fingerprint density at radius 2 is 2.18 bits per heavy atom. The smallest absolute Gasteiger partial charge is 0.150 e. The lowest BCUT2D eigenvalue weighted by atomic mass is 9.94. The van der Waals surface area contributed by atoms with E-state index in [4.69, 9.17) is 4.98 Å². The Hall–Kier alpha value is -1.29. The molecule has 2 rings (SSSR count). The van der Waals surface area contributed by atoms with Crippen molar-refractivity contribution in [3.63, 3.8) is 0 Å². The van der Waals surface area contributed by atoms with Crippen molar-refractivity contribution in [3.05, 3.63) is 17.3 Å². The van der Waals surface area contributed by atoms with Gasteiger partial charge in [0.25, 0.3) is 0 Å². The van der Waals surface area contributed by atoms with Crippen molar-refractivity contribution < 1.29 is 5.11 Å². The lowest BCUT2D eigenvalue weighted by Crippen LogP contribution is -2.30. The second-order valence-corrected chi connectivity index (χ2v) is 7.65. The Balaban J connectivity index is 2.35. The number of pyridine rings is 1. The van der Waals surface area contributed by atoms with Crippen LogP contribution in [0.25, 0.3) is 0 Å². The maximum atomic E-state index is 10.4. The van der Waals surface area contributed by atoms with E-state index in [2.05, 4.69) is 51.3 Å². The summed E-state index contributed by atoms with van der Waals surface area (Å²) >= 11 is 0. The summed E-state index contributed by atoms with van der Waals surface area (Å²) in [5.74, 6) is 1.49. The number of hydrogen-bond donors (Lipinski definition) is 3. The average molecular weight is 305 g/mol. The third-order valence-corrected chi connectivity index (χ3v) is 3.98. The molecule has 0 fully saturated rings. The number of hydrogen-bond acceptors (Lipinski definition) is 4. The average Bonchev–Trinajstić information content (AvgIpc) is 2.42. The summed E-state index contributed by atoms with van der Waals surface area (Å²) in [6.07, 6.45) is 3.46. The normalized spacial score (nSPS) is 19.3. The number of aromatic nitrogens is 1. The summed E-state index contributed by atoms with van der Waals surface area (Å²) in [5, 5.41) is 17.4. The Labute approximate surface area is 134 Å².